The lowest BCUT2D eigenvalue weighted by Gasteiger charge is -2.48. The van der Waals surface area contributed by atoms with Gasteiger partial charge in [0.25, 0.3) is 5.24 Å². The van der Waals surface area contributed by atoms with Crippen molar-refractivity contribution in [2.24, 2.45) is 0 Å². The summed E-state index contributed by atoms with van der Waals surface area (Å²) < 4.78 is 65.6. The van der Waals surface area contributed by atoms with Crippen LogP contribution in [-0.2, 0) is 28.5 Å². The fraction of sp³-hybridized carbons (Fsp3) is 0.333. The van der Waals surface area contributed by atoms with Gasteiger partial charge in [0.05, 0.1) is 12.8 Å². The standard InChI is InChI=1S/C24H19ClF3N3O6/c1-11(32)35-21-19(31-9-16(29-30-31)13-7-14(26)18(28)15(27)8-13)20-17(36-22(21)23(25)33)10-34-24(37-20)12-5-3-2-4-6-12/h2-9,17,19-22,24H,10H2,1H3. The molecule has 0 aliphatic carbocycles. The van der Waals surface area contributed by atoms with E-state index in [0.717, 1.165) is 19.1 Å². The molecule has 3 aromatic rings. The summed E-state index contributed by atoms with van der Waals surface area (Å²) in [5, 5.41) is 7.06. The van der Waals surface area contributed by atoms with Crippen molar-refractivity contribution < 1.29 is 41.7 Å². The highest BCUT2D eigenvalue weighted by Crippen LogP contribution is 2.41. The Labute approximate surface area is 213 Å². The highest BCUT2D eigenvalue weighted by Gasteiger charge is 2.54. The normalized spacial score (nSPS) is 27.4. The Bertz CT molecular complexity index is 1300. The number of esters is 1. The zero-order valence-electron chi connectivity index (χ0n) is 19.1. The van der Waals surface area contributed by atoms with Gasteiger partial charge in [-0.2, -0.15) is 0 Å². The summed E-state index contributed by atoms with van der Waals surface area (Å²) in [4.78, 5) is 24.2. The van der Waals surface area contributed by atoms with Crippen molar-refractivity contribution in [2.45, 2.75) is 43.7 Å². The predicted octanol–water partition coefficient (Wildman–Crippen LogP) is 3.48. The molecule has 5 rings (SSSR count). The van der Waals surface area contributed by atoms with Crippen LogP contribution < -0.4 is 0 Å². The number of benzene rings is 2. The van der Waals surface area contributed by atoms with Crippen molar-refractivity contribution in [3.05, 3.63) is 71.7 Å². The molecule has 2 aromatic carbocycles. The van der Waals surface area contributed by atoms with Crippen LogP contribution in [0.1, 0.15) is 24.8 Å². The number of carbonyl (C=O) groups is 2. The van der Waals surface area contributed by atoms with Crippen LogP contribution in [-0.4, -0.2) is 57.2 Å². The van der Waals surface area contributed by atoms with Crippen molar-refractivity contribution in [1.29, 1.82) is 0 Å². The van der Waals surface area contributed by atoms with Crippen molar-refractivity contribution in [3.63, 3.8) is 0 Å². The Morgan fingerprint density at radius 3 is 2.46 bits per heavy atom. The summed E-state index contributed by atoms with van der Waals surface area (Å²) in [7, 11) is 0. The largest absolute Gasteiger partial charge is 0.457 e. The number of rotatable bonds is 5. The molecule has 1 aromatic heterocycles. The minimum atomic E-state index is -1.62. The third-order valence-corrected chi connectivity index (χ3v) is 6.26. The predicted molar refractivity (Wildman–Crippen MR) is 119 cm³/mol. The maximum absolute atomic E-state index is 13.8. The van der Waals surface area contributed by atoms with Crippen LogP contribution in [0, 0.1) is 17.5 Å². The van der Waals surface area contributed by atoms with Gasteiger partial charge in [-0.25, -0.2) is 17.9 Å². The van der Waals surface area contributed by atoms with Gasteiger partial charge in [0.1, 0.15) is 23.9 Å². The van der Waals surface area contributed by atoms with E-state index in [9.17, 15) is 22.8 Å². The molecule has 13 heteroatoms. The Morgan fingerprint density at radius 2 is 1.81 bits per heavy atom. The van der Waals surface area contributed by atoms with E-state index in [4.69, 9.17) is 30.5 Å². The third kappa shape index (κ3) is 4.97. The highest BCUT2D eigenvalue weighted by atomic mass is 35.5. The SMILES string of the molecule is CC(=O)OC1C(C(=O)Cl)OC2COC(c3ccccc3)OC2C1n1cc(-c2cc(F)c(F)c(F)c2)nn1. The van der Waals surface area contributed by atoms with Gasteiger partial charge in [-0.1, -0.05) is 35.5 Å². The summed E-state index contributed by atoms with van der Waals surface area (Å²) >= 11 is 5.79. The molecule has 37 heavy (non-hydrogen) atoms. The second-order valence-corrected chi connectivity index (χ2v) is 8.85. The number of halogens is 4. The van der Waals surface area contributed by atoms with E-state index in [1.807, 2.05) is 6.07 Å². The van der Waals surface area contributed by atoms with Crippen LogP contribution in [0.25, 0.3) is 11.3 Å². The molecular weight excluding hydrogens is 519 g/mol. The smallest absolute Gasteiger partial charge is 0.303 e. The van der Waals surface area contributed by atoms with Crippen LogP contribution in [0.3, 0.4) is 0 Å². The first-order chi connectivity index (χ1) is 17.7. The Hall–Kier alpha value is -3.32. The fourth-order valence-electron chi connectivity index (χ4n) is 4.45. The number of fused-ring (bicyclic) bond motifs is 1. The maximum Gasteiger partial charge on any atom is 0.303 e. The van der Waals surface area contributed by atoms with Gasteiger partial charge in [-0.15, -0.1) is 5.10 Å². The van der Waals surface area contributed by atoms with Crippen molar-refractivity contribution >= 4 is 22.8 Å². The molecule has 0 saturated carbocycles. The molecule has 0 bridgehead atoms. The average Bonchev–Trinajstić information content (AvgIpc) is 3.36. The lowest BCUT2D eigenvalue weighted by molar-refractivity contribution is -0.312. The molecule has 0 N–H and O–H groups in total. The number of carbonyl (C=O) groups excluding carboxylic acids is 2. The van der Waals surface area contributed by atoms with E-state index >= 15 is 0 Å². The average molecular weight is 538 g/mol. The Balaban J connectivity index is 1.56. The Kier molecular flexibility index (Phi) is 6.99. The van der Waals surface area contributed by atoms with Gasteiger partial charge in [0.2, 0.25) is 0 Å². The topological polar surface area (TPSA) is 102 Å². The molecule has 9 nitrogen and oxygen atoms in total. The maximum atomic E-state index is 13.8. The number of aromatic nitrogens is 3. The van der Waals surface area contributed by atoms with Gasteiger partial charge in [-0.05, 0) is 23.7 Å². The molecule has 2 aliphatic rings. The summed E-state index contributed by atoms with van der Waals surface area (Å²) in [6.07, 6.45) is -3.91. The molecule has 0 radical (unpaired) electrons. The van der Waals surface area contributed by atoms with Crippen LogP contribution in [0.15, 0.2) is 48.7 Å². The molecule has 2 aliphatic heterocycles. The molecule has 2 fully saturated rings. The molecule has 6 atom stereocenters. The number of hydrogen-bond acceptors (Lipinski definition) is 8. The summed E-state index contributed by atoms with van der Waals surface area (Å²) in [6, 6.07) is 9.55. The molecule has 2 saturated heterocycles. The first kappa shape index (κ1) is 25.3. The monoisotopic (exact) mass is 537 g/mol. The Morgan fingerprint density at radius 1 is 1.11 bits per heavy atom. The van der Waals surface area contributed by atoms with Gasteiger partial charge in [-0.3, -0.25) is 9.59 Å². The first-order valence-corrected chi connectivity index (χ1v) is 11.5. The number of hydrogen-bond donors (Lipinski definition) is 0. The molecule has 0 amide bonds. The quantitative estimate of drug-likeness (QED) is 0.277. The molecular formula is C24H19ClF3N3O6. The van der Waals surface area contributed by atoms with Crippen molar-refractivity contribution in [2.75, 3.05) is 6.61 Å². The second-order valence-electron chi connectivity index (χ2n) is 8.48. The van der Waals surface area contributed by atoms with Gasteiger partial charge in [0.15, 0.2) is 35.9 Å². The minimum absolute atomic E-state index is 0.00409. The van der Waals surface area contributed by atoms with E-state index in [-0.39, 0.29) is 17.9 Å². The summed E-state index contributed by atoms with van der Waals surface area (Å²) in [5.74, 6) is -5.15. The van der Waals surface area contributed by atoms with E-state index in [0.29, 0.717) is 5.56 Å². The lowest BCUT2D eigenvalue weighted by atomic mass is 9.91. The number of nitrogens with zero attached hydrogens (tertiary/aromatic N) is 3. The molecule has 194 valence electrons. The van der Waals surface area contributed by atoms with E-state index in [1.165, 1.54) is 10.9 Å². The van der Waals surface area contributed by atoms with E-state index in [1.54, 1.807) is 24.3 Å². The minimum Gasteiger partial charge on any atom is -0.457 e. The van der Waals surface area contributed by atoms with Crippen molar-refractivity contribution in [1.82, 2.24) is 15.0 Å². The van der Waals surface area contributed by atoms with Gasteiger partial charge < -0.3 is 18.9 Å². The molecule has 0 spiro atoms. The fourth-order valence-corrected chi connectivity index (χ4v) is 4.62. The lowest BCUT2D eigenvalue weighted by Crippen LogP contribution is -2.61. The first-order valence-electron chi connectivity index (χ1n) is 11.1. The molecule has 3 heterocycles. The highest BCUT2D eigenvalue weighted by molar-refractivity contribution is 6.64. The van der Waals surface area contributed by atoms with E-state index < -0.39 is 65.4 Å². The summed E-state index contributed by atoms with van der Waals surface area (Å²) in [6.45, 7) is 1.15. The molecule has 6 unspecified atom stereocenters. The van der Waals surface area contributed by atoms with Crippen LogP contribution in [0.5, 0.6) is 0 Å². The van der Waals surface area contributed by atoms with Crippen LogP contribution in [0.4, 0.5) is 13.2 Å². The van der Waals surface area contributed by atoms with E-state index in [2.05, 4.69) is 10.3 Å². The van der Waals surface area contributed by atoms with Gasteiger partial charge >= 0.3 is 5.97 Å². The zero-order chi connectivity index (χ0) is 26.3. The van der Waals surface area contributed by atoms with Crippen LogP contribution >= 0.6 is 11.6 Å². The van der Waals surface area contributed by atoms with Crippen molar-refractivity contribution in [3.8, 4) is 11.3 Å². The van der Waals surface area contributed by atoms with Crippen LogP contribution in [0.2, 0.25) is 0 Å². The number of ether oxygens (including phenoxy) is 4. The second kappa shape index (κ2) is 10.2. The van der Waals surface area contributed by atoms with Gasteiger partial charge in [0, 0.05) is 18.1 Å². The summed E-state index contributed by atoms with van der Waals surface area (Å²) in [5.41, 5.74) is 0.606. The zero-order valence-corrected chi connectivity index (χ0v) is 19.8. The third-order valence-electron chi connectivity index (χ3n) is 6.04.